The molecule has 1 aromatic carbocycles. The second-order valence-electron chi connectivity index (χ2n) is 4.00. The van der Waals surface area contributed by atoms with Gasteiger partial charge in [-0.1, -0.05) is 12.1 Å². The maximum absolute atomic E-state index is 11.4. The highest BCUT2D eigenvalue weighted by atomic mass is 32.2. The van der Waals surface area contributed by atoms with E-state index in [-0.39, 0.29) is 5.97 Å². The topological polar surface area (TPSA) is 48.4 Å². The highest BCUT2D eigenvalue weighted by Gasteiger charge is 2.08. The zero-order chi connectivity index (χ0) is 15.2. The summed E-state index contributed by atoms with van der Waals surface area (Å²) in [6.45, 7) is 0. The van der Waals surface area contributed by atoms with E-state index in [4.69, 9.17) is 4.74 Å². The van der Waals surface area contributed by atoms with Crippen molar-refractivity contribution in [3.8, 4) is 5.75 Å². The second-order valence-corrected chi connectivity index (χ2v) is 5.91. The summed E-state index contributed by atoms with van der Waals surface area (Å²) in [5, 5.41) is 0.753. The fourth-order valence-electron chi connectivity index (χ4n) is 1.68. The molecule has 4 nitrogen and oxygen atoms in total. The number of ether oxygens (including phenoxy) is 2. The van der Waals surface area contributed by atoms with E-state index in [9.17, 15) is 4.79 Å². The predicted molar refractivity (Wildman–Crippen MR) is 87.2 cm³/mol. The van der Waals surface area contributed by atoms with Gasteiger partial charge in [0.25, 0.3) is 0 Å². The van der Waals surface area contributed by atoms with Crippen molar-refractivity contribution in [1.29, 1.82) is 0 Å². The first-order chi connectivity index (χ1) is 10.2. The summed E-state index contributed by atoms with van der Waals surface area (Å²) in [7, 11) is 3.02. The number of esters is 1. The molecular weight excluding hydrogens is 306 g/mol. The molecule has 0 N–H and O–H groups in total. The van der Waals surface area contributed by atoms with Gasteiger partial charge in [0.2, 0.25) is 0 Å². The van der Waals surface area contributed by atoms with Gasteiger partial charge in [-0.25, -0.2) is 9.78 Å². The van der Waals surface area contributed by atoms with E-state index in [2.05, 4.69) is 9.72 Å². The highest BCUT2D eigenvalue weighted by molar-refractivity contribution is 7.98. The maximum Gasteiger partial charge on any atom is 0.349 e. The van der Waals surface area contributed by atoms with Crippen LogP contribution >= 0.6 is 23.1 Å². The van der Waals surface area contributed by atoms with Crippen molar-refractivity contribution in [2.45, 2.75) is 4.90 Å². The fraction of sp³-hybridized carbons (Fsp3) is 0.200. The third kappa shape index (κ3) is 3.86. The van der Waals surface area contributed by atoms with E-state index in [0.717, 1.165) is 21.2 Å². The van der Waals surface area contributed by atoms with Gasteiger partial charge in [0, 0.05) is 4.90 Å². The molecule has 0 saturated heterocycles. The number of nitrogens with zero attached hydrogens (tertiary/aromatic N) is 1. The zero-order valence-electron chi connectivity index (χ0n) is 12.0. The minimum absolute atomic E-state index is 0.363. The van der Waals surface area contributed by atoms with E-state index in [1.165, 1.54) is 24.6 Å². The summed E-state index contributed by atoms with van der Waals surface area (Å²) in [4.78, 5) is 17.1. The number of thiazole rings is 1. The molecule has 0 aliphatic heterocycles. The van der Waals surface area contributed by atoms with Crippen LogP contribution < -0.4 is 4.74 Å². The Kier molecular flexibility index (Phi) is 5.41. The third-order valence-electron chi connectivity index (χ3n) is 2.74. The highest BCUT2D eigenvalue weighted by Crippen LogP contribution is 2.29. The van der Waals surface area contributed by atoms with E-state index < -0.39 is 0 Å². The Labute approximate surface area is 131 Å². The van der Waals surface area contributed by atoms with Crippen molar-refractivity contribution in [2.24, 2.45) is 0 Å². The molecule has 2 rings (SSSR count). The van der Waals surface area contributed by atoms with Gasteiger partial charge in [0.15, 0.2) is 0 Å². The minimum Gasteiger partial charge on any atom is -0.496 e. The molecule has 0 aliphatic rings. The van der Waals surface area contributed by atoms with Crippen LogP contribution in [0.2, 0.25) is 0 Å². The average Bonchev–Trinajstić information content (AvgIpc) is 3.00. The number of carbonyl (C=O) groups excluding carboxylic acids is 1. The Hall–Kier alpha value is -1.79. The molecule has 1 aromatic heterocycles. The summed E-state index contributed by atoms with van der Waals surface area (Å²) >= 11 is 2.94. The van der Waals surface area contributed by atoms with E-state index in [1.807, 2.05) is 36.6 Å². The van der Waals surface area contributed by atoms with Gasteiger partial charge < -0.3 is 9.47 Å². The molecule has 6 heteroatoms. The number of thioether (sulfide) groups is 1. The van der Waals surface area contributed by atoms with Gasteiger partial charge in [-0.3, -0.25) is 0 Å². The van der Waals surface area contributed by atoms with Crippen molar-refractivity contribution in [1.82, 2.24) is 4.98 Å². The first-order valence-corrected chi connectivity index (χ1v) is 8.16. The molecule has 0 fully saturated rings. The molecule has 0 atom stereocenters. The van der Waals surface area contributed by atoms with Gasteiger partial charge in [-0.05, 0) is 30.0 Å². The Morgan fingerprint density at radius 3 is 2.81 bits per heavy atom. The quantitative estimate of drug-likeness (QED) is 0.619. The molecular formula is C15H15NO3S2. The lowest BCUT2D eigenvalue weighted by Gasteiger charge is -2.06. The van der Waals surface area contributed by atoms with Crippen LogP contribution in [0.25, 0.3) is 12.2 Å². The molecule has 0 bridgehead atoms. The van der Waals surface area contributed by atoms with Gasteiger partial charge in [-0.15, -0.1) is 23.1 Å². The molecule has 1 heterocycles. The number of benzene rings is 1. The fourth-order valence-corrected chi connectivity index (χ4v) is 2.97. The average molecular weight is 321 g/mol. The van der Waals surface area contributed by atoms with Crippen molar-refractivity contribution in [3.63, 3.8) is 0 Å². The lowest BCUT2D eigenvalue weighted by Crippen LogP contribution is -1.96. The van der Waals surface area contributed by atoms with Crippen LogP contribution in [0.3, 0.4) is 0 Å². The molecule has 0 unspecified atom stereocenters. The number of methoxy groups -OCH3 is 2. The monoisotopic (exact) mass is 321 g/mol. The molecule has 0 aliphatic carbocycles. The van der Waals surface area contributed by atoms with Crippen LogP contribution in [0.5, 0.6) is 5.75 Å². The largest absolute Gasteiger partial charge is 0.496 e. The van der Waals surface area contributed by atoms with Crippen molar-refractivity contribution < 1.29 is 14.3 Å². The Bertz CT molecular complexity index is 665. The lowest BCUT2D eigenvalue weighted by molar-refractivity contribution is 0.0606. The normalized spacial score (nSPS) is 10.8. The SMILES string of the molecule is COC(=O)c1cnc(/C=C/c2ccc(SC)c(OC)c2)s1. The molecule has 110 valence electrons. The zero-order valence-corrected chi connectivity index (χ0v) is 13.6. The molecule has 2 aromatic rings. The number of hydrogen-bond acceptors (Lipinski definition) is 6. The van der Waals surface area contributed by atoms with Gasteiger partial charge in [0.1, 0.15) is 15.6 Å². The van der Waals surface area contributed by atoms with Crippen LogP contribution in [0.4, 0.5) is 0 Å². The molecule has 21 heavy (non-hydrogen) atoms. The van der Waals surface area contributed by atoms with Crippen LogP contribution in [0, 0.1) is 0 Å². The van der Waals surface area contributed by atoms with Gasteiger partial charge >= 0.3 is 5.97 Å². The van der Waals surface area contributed by atoms with Crippen LogP contribution in [-0.2, 0) is 4.74 Å². The first kappa shape index (κ1) is 15.6. The molecule has 0 saturated carbocycles. The lowest BCUT2D eigenvalue weighted by atomic mass is 10.2. The van der Waals surface area contributed by atoms with E-state index in [1.54, 1.807) is 18.9 Å². The summed E-state index contributed by atoms with van der Waals surface area (Å²) in [6, 6.07) is 6.00. The molecule has 0 amide bonds. The third-order valence-corrected chi connectivity index (χ3v) is 4.46. The van der Waals surface area contributed by atoms with Crippen molar-refractivity contribution >= 4 is 41.2 Å². The van der Waals surface area contributed by atoms with Gasteiger partial charge in [0.05, 0.1) is 20.4 Å². The standard InChI is InChI=1S/C15H15NO3S2/c1-18-11-8-10(4-6-12(11)20-3)5-7-14-16-9-13(21-14)15(17)19-2/h4-9H,1-3H3/b7-5+. The van der Waals surface area contributed by atoms with E-state index >= 15 is 0 Å². The summed E-state index contributed by atoms with van der Waals surface area (Å²) in [5.74, 6) is 0.484. The van der Waals surface area contributed by atoms with Crippen molar-refractivity contribution in [3.05, 3.63) is 39.8 Å². The Morgan fingerprint density at radius 2 is 2.14 bits per heavy atom. The Morgan fingerprint density at radius 1 is 1.33 bits per heavy atom. The van der Waals surface area contributed by atoms with Gasteiger partial charge in [-0.2, -0.15) is 0 Å². The summed E-state index contributed by atoms with van der Waals surface area (Å²) < 4.78 is 10.0. The van der Waals surface area contributed by atoms with Crippen molar-refractivity contribution in [2.75, 3.05) is 20.5 Å². The maximum atomic E-state index is 11.4. The first-order valence-electron chi connectivity index (χ1n) is 6.12. The van der Waals surface area contributed by atoms with E-state index in [0.29, 0.717) is 4.88 Å². The number of aromatic nitrogens is 1. The van der Waals surface area contributed by atoms with Crippen LogP contribution in [-0.4, -0.2) is 31.4 Å². The summed E-state index contributed by atoms with van der Waals surface area (Å²) in [5.41, 5.74) is 1.01. The number of rotatable bonds is 5. The predicted octanol–water partition coefficient (Wildman–Crippen LogP) is 3.83. The summed E-state index contributed by atoms with van der Waals surface area (Å²) in [6.07, 6.45) is 7.34. The molecule has 0 spiro atoms. The second kappa shape index (κ2) is 7.28. The number of carbonyl (C=O) groups is 1. The number of hydrogen-bond donors (Lipinski definition) is 0. The minimum atomic E-state index is -0.363. The smallest absolute Gasteiger partial charge is 0.349 e. The Balaban J connectivity index is 2.17. The molecule has 0 radical (unpaired) electrons. The van der Waals surface area contributed by atoms with Crippen LogP contribution in [0.1, 0.15) is 20.2 Å². The van der Waals surface area contributed by atoms with Crippen LogP contribution in [0.15, 0.2) is 29.3 Å².